The Morgan fingerprint density at radius 2 is 1.32 bits per heavy atom. The predicted molar refractivity (Wildman–Crippen MR) is 91.7 cm³/mol. The molecule has 3 aromatic carbocycles. The van der Waals surface area contributed by atoms with Crippen molar-refractivity contribution in [2.24, 2.45) is 5.10 Å². The molecule has 0 aromatic heterocycles. The minimum Gasteiger partial charge on any atom is -0.233 e. The molecule has 4 rings (SSSR count). The van der Waals surface area contributed by atoms with Crippen LogP contribution >= 0.6 is 0 Å². The minimum atomic E-state index is 0.865. The van der Waals surface area contributed by atoms with Crippen molar-refractivity contribution in [3.05, 3.63) is 96.1 Å². The van der Waals surface area contributed by atoms with E-state index in [0.29, 0.717) is 0 Å². The van der Waals surface area contributed by atoms with Crippen LogP contribution in [0.4, 0.5) is 11.4 Å². The van der Waals surface area contributed by atoms with Crippen LogP contribution < -0.4 is 5.01 Å². The second kappa shape index (κ2) is 5.49. The fourth-order valence-electron chi connectivity index (χ4n) is 2.81. The average molecular weight is 284 g/mol. The van der Waals surface area contributed by atoms with Crippen LogP contribution in [0.1, 0.15) is 11.1 Å². The molecule has 1 aliphatic rings. The number of benzene rings is 3. The molecule has 0 fully saturated rings. The van der Waals surface area contributed by atoms with Gasteiger partial charge in [-0.05, 0) is 29.3 Å². The van der Waals surface area contributed by atoms with Gasteiger partial charge in [0.1, 0.15) is 0 Å². The summed E-state index contributed by atoms with van der Waals surface area (Å²) in [5.74, 6) is 0. The summed E-state index contributed by atoms with van der Waals surface area (Å²) in [5.41, 5.74) is 5.83. The monoisotopic (exact) mass is 284 g/mol. The standard InChI is InChI=1S/C20H16N2/c1-3-9-16(10-4-1)19-15-17-11-7-8-14-20(17)22(21-19)18-12-5-2-6-13-18/h1-14H,15H2. The zero-order valence-electron chi connectivity index (χ0n) is 12.2. The molecule has 0 saturated carbocycles. The third kappa shape index (κ3) is 2.29. The van der Waals surface area contributed by atoms with E-state index >= 15 is 0 Å². The lowest BCUT2D eigenvalue weighted by atomic mass is 9.99. The average Bonchev–Trinajstić information content (AvgIpc) is 2.62. The van der Waals surface area contributed by atoms with E-state index < -0.39 is 0 Å². The van der Waals surface area contributed by atoms with Gasteiger partial charge in [0.05, 0.1) is 17.1 Å². The van der Waals surface area contributed by atoms with Crippen molar-refractivity contribution in [2.75, 3.05) is 5.01 Å². The Kier molecular flexibility index (Phi) is 3.20. The highest BCUT2D eigenvalue weighted by Gasteiger charge is 2.20. The molecule has 2 heteroatoms. The molecular formula is C20H16N2. The SMILES string of the molecule is c1ccc(C2=NN(c3ccccc3)c3ccccc3C2)cc1. The number of hydrogen-bond donors (Lipinski definition) is 0. The van der Waals surface area contributed by atoms with Crippen LogP contribution in [-0.2, 0) is 6.42 Å². The van der Waals surface area contributed by atoms with Gasteiger partial charge in [0.2, 0.25) is 0 Å². The van der Waals surface area contributed by atoms with E-state index in [0.717, 1.165) is 23.5 Å². The first-order valence-electron chi connectivity index (χ1n) is 7.48. The summed E-state index contributed by atoms with van der Waals surface area (Å²) >= 11 is 0. The van der Waals surface area contributed by atoms with Gasteiger partial charge in [0.25, 0.3) is 0 Å². The fraction of sp³-hybridized carbons (Fsp3) is 0.0500. The summed E-state index contributed by atoms with van der Waals surface area (Å²) < 4.78 is 0. The van der Waals surface area contributed by atoms with Gasteiger partial charge in [-0.3, -0.25) is 0 Å². The van der Waals surface area contributed by atoms with Crippen LogP contribution in [0.5, 0.6) is 0 Å². The molecule has 3 aromatic rings. The minimum absolute atomic E-state index is 0.865. The number of fused-ring (bicyclic) bond motifs is 1. The summed E-state index contributed by atoms with van der Waals surface area (Å²) in [6, 6.07) is 29.2. The molecule has 22 heavy (non-hydrogen) atoms. The zero-order chi connectivity index (χ0) is 14.8. The first kappa shape index (κ1) is 12.8. The van der Waals surface area contributed by atoms with Gasteiger partial charge in [-0.15, -0.1) is 0 Å². The Labute approximate surface area is 130 Å². The number of nitrogens with zero attached hydrogens (tertiary/aromatic N) is 2. The van der Waals surface area contributed by atoms with E-state index in [1.807, 2.05) is 29.3 Å². The van der Waals surface area contributed by atoms with E-state index in [1.54, 1.807) is 0 Å². The Hall–Kier alpha value is -2.87. The summed E-state index contributed by atoms with van der Waals surface area (Å²) in [4.78, 5) is 0. The highest BCUT2D eigenvalue weighted by Crippen LogP contribution is 2.33. The van der Waals surface area contributed by atoms with E-state index in [4.69, 9.17) is 5.10 Å². The number of para-hydroxylation sites is 2. The Morgan fingerprint density at radius 1 is 0.682 bits per heavy atom. The third-order valence-corrected chi connectivity index (χ3v) is 3.91. The van der Waals surface area contributed by atoms with Gasteiger partial charge in [-0.1, -0.05) is 66.7 Å². The van der Waals surface area contributed by atoms with Crippen molar-refractivity contribution in [2.45, 2.75) is 6.42 Å². The lowest BCUT2D eigenvalue weighted by Crippen LogP contribution is -2.22. The predicted octanol–water partition coefficient (Wildman–Crippen LogP) is 4.79. The van der Waals surface area contributed by atoms with E-state index in [1.165, 1.54) is 11.1 Å². The zero-order valence-corrected chi connectivity index (χ0v) is 12.2. The largest absolute Gasteiger partial charge is 0.233 e. The van der Waals surface area contributed by atoms with Gasteiger partial charge >= 0.3 is 0 Å². The van der Waals surface area contributed by atoms with Crippen molar-refractivity contribution in [3.63, 3.8) is 0 Å². The highest BCUT2D eigenvalue weighted by atomic mass is 15.5. The Balaban J connectivity index is 1.85. The van der Waals surface area contributed by atoms with Crippen molar-refractivity contribution >= 4 is 17.1 Å². The molecule has 0 atom stereocenters. The second-order valence-electron chi connectivity index (χ2n) is 5.37. The van der Waals surface area contributed by atoms with E-state index in [2.05, 4.69) is 60.7 Å². The molecule has 0 saturated heterocycles. The van der Waals surface area contributed by atoms with Gasteiger partial charge in [0.15, 0.2) is 0 Å². The highest BCUT2D eigenvalue weighted by molar-refractivity contribution is 6.04. The number of hydrogen-bond acceptors (Lipinski definition) is 2. The lowest BCUT2D eigenvalue weighted by molar-refractivity contribution is 1.02. The summed E-state index contributed by atoms with van der Waals surface area (Å²) in [7, 11) is 0. The molecule has 0 amide bonds. The molecule has 0 N–H and O–H groups in total. The first-order valence-corrected chi connectivity index (χ1v) is 7.48. The molecule has 2 nitrogen and oxygen atoms in total. The van der Waals surface area contributed by atoms with Crippen molar-refractivity contribution in [1.29, 1.82) is 0 Å². The topological polar surface area (TPSA) is 15.6 Å². The number of anilines is 2. The maximum Gasteiger partial charge on any atom is 0.0730 e. The quantitative estimate of drug-likeness (QED) is 0.661. The maximum atomic E-state index is 4.91. The molecule has 106 valence electrons. The van der Waals surface area contributed by atoms with Gasteiger partial charge < -0.3 is 0 Å². The van der Waals surface area contributed by atoms with Crippen LogP contribution in [0, 0.1) is 0 Å². The molecule has 0 unspecified atom stereocenters. The summed E-state index contributed by atoms with van der Waals surface area (Å²) in [5, 5.41) is 6.96. The molecule has 0 aliphatic carbocycles. The van der Waals surface area contributed by atoms with Crippen LogP contribution in [0.15, 0.2) is 90.0 Å². The fourth-order valence-corrected chi connectivity index (χ4v) is 2.81. The van der Waals surface area contributed by atoms with Gasteiger partial charge in [-0.2, -0.15) is 5.10 Å². The lowest BCUT2D eigenvalue weighted by Gasteiger charge is -2.28. The Morgan fingerprint density at radius 3 is 2.09 bits per heavy atom. The van der Waals surface area contributed by atoms with Crippen molar-refractivity contribution in [3.8, 4) is 0 Å². The molecule has 1 aliphatic heterocycles. The molecule has 0 bridgehead atoms. The van der Waals surface area contributed by atoms with Crippen LogP contribution in [0.25, 0.3) is 0 Å². The molecular weight excluding hydrogens is 268 g/mol. The van der Waals surface area contributed by atoms with Gasteiger partial charge in [-0.25, -0.2) is 5.01 Å². The molecule has 0 spiro atoms. The van der Waals surface area contributed by atoms with Crippen LogP contribution in [0.2, 0.25) is 0 Å². The maximum absolute atomic E-state index is 4.91. The third-order valence-electron chi connectivity index (χ3n) is 3.91. The van der Waals surface area contributed by atoms with E-state index in [9.17, 15) is 0 Å². The summed E-state index contributed by atoms with van der Waals surface area (Å²) in [6.45, 7) is 0. The normalized spacial score (nSPS) is 13.5. The first-order chi connectivity index (χ1) is 10.9. The number of hydrazone groups is 1. The number of rotatable bonds is 2. The summed E-state index contributed by atoms with van der Waals surface area (Å²) in [6.07, 6.45) is 0.865. The second-order valence-corrected chi connectivity index (χ2v) is 5.37. The van der Waals surface area contributed by atoms with Crippen LogP contribution in [0.3, 0.4) is 0 Å². The Bertz CT molecular complexity index is 807. The van der Waals surface area contributed by atoms with Crippen molar-refractivity contribution in [1.82, 2.24) is 0 Å². The molecule has 1 heterocycles. The molecule has 0 radical (unpaired) electrons. The van der Waals surface area contributed by atoms with E-state index in [-0.39, 0.29) is 0 Å². The van der Waals surface area contributed by atoms with Crippen LogP contribution in [-0.4, -0.2) is 5.71 Å². The van der Waals surface area contributed by atoms with Gasteiger partial charge in [0, 0.05) is 6.42 Å². The smallest absolute Gasteiger partial charge is 0.0730 e. The van der Waals surface area contributed by atoms with Crippen molar-refractivity contribution < 1.29 is 0 Å².